The van der Waals surface area contributed by atoms with Gasteiger partial charge in [0, 0.05) is 0 Å². The van der Waals surface area contributed by atoms with Crippen LogP contribution in [-0.2, 0) is 4.74 Å². The number of anilines is 1. The SMILES string of the molecule is CCOC(=O)c1ccsc1NC(=O)c1c(F)cccc1F. The number of halogens is 2. The monoisotopic (exact) mass is 311 g/mol. The van der Waals surface area contributed by atoms with Crippen LogP contribution in [0, 0.1) is 11.6 Å². The third-order valence-electron chi connectivity index (χ3n) is 2.58. The molecule has 1 amide bonds. The summed E-state index contributed by atoms with van der Waals surface area (Å²) in [5.41, 5.74) is -0.548. The molecule has 4 nitrogen and oxygen atoms in total. The average Bonchev–Trinajstić information content (AvgIpc) is 2.87. The fourth-order valence-corrected chi connectivity index (χ4v) is 2.43. The number of hydrogen-bond donors (Lipinski definition) is 1. The fourth-order valence-electron chi connectivity index (χ4n) is 1.66. The van der Waals surface area contributed by atoms with Gasteiger partial charge in [0.25, 0.3) is 5.91 Å². The number of thiophene rings is 1. The van der Waals surface area contributed by atoms with Gasteiger partial charge in [0.2, 0.25) is 0 Å². The van der Waals surface area contributed by atoms with Crippen LogP contribution < -0.4 is 5.32 Å². The van der Waals surface area contributed by atoms with E-state index in [4.69, 9.17) is 4.74 Å². The number of ether oxygens (including phenoxy) is 1. The Bertz CT molecular complexity index is 664. The molecule has 7 heteroatoms. The molecule has 0 fully saturated rings. The molecule has 0 aliphatic carbocycles. The van der Waals surface area contributed by atoms with Gasteiger partial charge in [0.1, 0.15) is 22.2 Å². The Balaban J connectivity index is 2.25. The Morgan fingerprint density at radius 3 is 2.52 bits per heavy atom. The van der Waals surface area contributed by atoms with Gasteiger partial charge in [0.05, 0.1) is 12.2 Å². The van der Waals surface area contributed by atoms with Crippen molar-refractivity contribution in [1.82, 2.24) is 0 Å². The lowest BCUT2D eigenvalue weighted by Crippen LogP contribution is -2.17. The second kappa shape index (κ2) is 6.45. The average molecular weight is 311 g/mol. The molecule has 2 rings (SSSR count). The van der Waals surface area contributed by atoms with Crippen molar-refractivity contribution in [2.24, 2.45) is 0 Å². The zero-order valence-electron chi connectivity index (χ0n) is 11.0. The van der Waals surface area contributed by atoms with Gasteiger partial charge in [-0.1, -0.05) is 6.07 Å². The van der Waals surface area contributed by atoms with Crippen LogP contribution >= 0.6 is 11.3 Å². The predicted molar refractivity (Wildman–Crippen MR) is 74.6 cm³/mol. The molecule has 0 aliphatic heterocycles. The quantitative estimate of drug-likeness (QED) is 0.880. The Labute approximate surface area is 123 Å². The van der Waals surface area contributed by atoms with Crippen LogP contribution in [0.5, 0.6) is 0 Å². The standard InChI is InChI=1S/C14H11F2NO3S/c1-2-20-14(19)8-6-7-21-13(8)17-12(18)11-9(15)4-3-5-10(11)16/h3-7H,2H2,1H3,(H,17,18). The van der Waals surface area contributed by atoms with E-state index in [0.717, 1.165) is 29.5 Å². The molecule has 0 atom stereocenters. The van der Waals surface area contributed by atoms with Crippen LogP contribution in [0.15, 0.2) is 29.6 Å². The molecule has 0 bridgehead atoms. The van der Waals surface area contributed by atoms with Crippen LogP contribution in [-0.4, -0.2) is 18.5 Å². The van der Waals surface area contributed by atoms with Gasteiger partial charge >= 0.3 is 5.97 Å². The second-order valence-electron chi connectivity index (χ2n) is 3.93. The summed E-state index contributed by atoms with van der Waals surface area (Å²) in [6, 6.07) is 4.60. The molecule has 21 heavy (non-hydrogen) atoms. The molecule has 0 radical (unpaired) electrons. The normalized spacial score (nSPS) is 10.2. The van der Waals surface area contributed by atoms with Gasteiger partial charge in [-0.2, -0.15) is 0 Å². The van der Waals surface area contributed by atoms with Gasteiger partial charge in [-0.05, 0) is 30.5 Å². The first-order valence-electron chi connectivity index (χ1n) is 6.04. The lowest BCUT2D eigenvalue weighted by molar-refractivity contribution is 0.0528. The minimum Gasteiger partial charge on any atom is -0.462 e. The van der Waals surface area contributed by atoms with E-state index in [1.807, 2.05) is 0 Å². The van der Waals surface area contributed by atoms with Crippen LogP contribution in [0.4, 0.5) is 13.8 Å². The van der Waals surface area contributed by atoms with Gasteiger partial charge in [-0.15, -0.1) is 11.3 Å². The van der Waals surface area contributed by atoms with Crippen molar-refractivity contribution >= 4 is 28.2 Å². The molecule has 1 heterocycles. The van der Waals surface area contributed by atoms with Crippen molar-refractivity contribution < 1.29 is 23.1 Å². The smallest absolute Gasteiger partial charge is 0.341 e. The van der Waals surface area contributed by atoms with E-state index in [-0.39, 0.29) is 17.2 Å². The number of carbonyl (C=O) groups is 2. The third-order valence-corrected chi connectivity index (χ3v) is 3.41. The van der Waals surface area contributed by atoms with Crippen molar-refractivity contribution in [2.45, 2.75) is 6.92 Å². The Kier molecular flexibility index (Phi) is 4.64. The summed E-state index contributed by atoms with van der Waals surface area (Å²) in [6.07, 6.45) is 0. The molecule has 1 aromatic heterocycles. The minimum absolute atomic E-state index is 0.145. The Hall–Kier alpha value is -2.28. The van der Waals surface area contributed by atoms with E-state index in [2.05, 4.69) is 5.32 Å². The molecule has 0 saturated carbocycles. The van der Waals surface area contributed by atoms with E-state index < -0.39 is 29.1 Å². The minimum atomic E-state index is -0.971. The number of nitrogens with one attached hydrogen (secondary N) is 1. The van der Waals surface area contributed by atoms with Gasteiger partial charge in [-0.3, -0.25) is 4.79 Å². The van der Waals surface area contributed by atoms with Crippen LogP contribution in [0.25, 0.3) is 0 Å². The fraction of sp³-hybridized carbons (Fsp3) is 0.143. The molecule has 110 valence electrons. The molecular weight excluding hydrogens is 300 g/mol. The van der Waals surface area contributed by atoms with Crippen molar-refractivity contribution in [2.75, 3.05) is 11.9 Å². The number of esters is 1. The number of rotatable bonds is 4. The van der Waals surface area contributed by atoms with E-state index in [0.29, 0.717) is 0 Å². The largest absolute Gasteiger partial charge is 0.462 e. The van der Waals surface area contributed by atoms with Crippen molar-refractivity contribution in [1.29, 1.82) is 0 Å². The van der Waals surface area contributed by atoms with Crippen LogP contribution in [0.1, 0.15) is 27.6 Å². The summed E-state index contributed by atoms with van der Waals surface area (Å²) in [4.78, 5) is 23.6. The third kappa shape index (κ3) is 3.25. The highest BCUT2D eigenvalue weighted by Gasteiger charge is 2.21. The second-order valence-corrected chi connectivity index (χ2v) is 4.85. The van der Waals surface area contributed by atoms with E-state index in [1.165, 1.54) is 6.07 Å². The summed E-state index contributed by atoms with van der Waals surface area (Å²) in [6.45, 7) is 1.83. The van der Waals surface area contributed by atoms with E-state index >= 15 is 0 Å². The topological polar surface area (TPSA) is 55.4 Å². The van der Waals surface area contributed by atoms with E-state index in [9.17, 15) is 18.4 Å². The number of carbonyl (C=O) groups excluding carboxylic acids is 2. The van der Waals surface area contributed by atoms with Gasteiger partial charge in [0.15, 0.2) is 0 Å². The molecule has 0 spiro atoms. The molecule has 0 unspecified atom stereocenters. The summed E-state index contributed by atoms with van der Waals surface area (Å²) in [7, 11) is 0. The number of hydrogen-bond acceptors (Lipinski definition) is 4. The first-order chi connectivity index (χ1) is 10.0. The maximum atomic E-state index is 13.5. The van der Waals surface area contributed by atoms with Gasteiger partial charge < -0.3 is 10.1 Å². The lowest BCUT2D eigenvalue weighted by Gasteiger charge is -2.07. The van der Waals surface area contributed by atoms with Crippen LogP contribution in [0.3, 0.4) is 0 Å². The lowest BCUT2D eigenvalue weighted by atomic mass is 10.2. The highest BCUT2D eigenvalue weighted by molar-refractivity contribution is 7.14. The molecule has 1 aromatic carbocycles. The highest BCUT2D eigenvalue weighted by Crippen LogP contribution is 2.25. The molecule has 0 aliphatic rings. The number of amides is 1. The van der Waals surface area contributed by atoms with Gasteiger partial charge in [-0.25, -0.2) is 13.6 Å². The molecule has 2 aromatic rings. The maximum Gasteiger partial charge on any atom is 0.341 e. The Morgan fingerprint density at radius 1 is 1.24 bits per heavy atom. The predicted octanol–water partition coefficient (Wildman–Crippen LogP) is 3.46. The highest BCUT2D eigenvalue weighted by atomic mass is 32.1. The number of benzene rings is 1. The summed E-state index contributed by atoms with van der Waals surface area (Å²) >= 11 is 1.06. The summed E-state index contributed by atoms with van der Waals surface area (Å²) in [5.74, 6) is -3.51. The van der Waals surface area contributed by atoms with Crippen molar-refractivity contribution in [3.63, 3.8) is 0 Å². The summed E-state index contributed by atoms with van der Waals surface area (Å²) < 4.78 is 31.9. The van der Waals surface area contributed by atoms with Crippen molar-refractivity contribution in [3.8, 4) is 0 Å². The molecule has 0 saturated heterocycles. The molecular formula is C14H11F2NO3S. The Morgan fingerprint density at radius 2 is 1.90 bits per heavy atom. The van der Waals surface area contributed by atoms with Crippen molar-refractivity contribution in [3.05, 3.63) is 52.4 Å². The van der Waals surface area contributed by atoms with E-state index in [1.54, 1.807) is 12.3 Å². The maximum absolute atomic E-state index is 13.5. The first-order valence-corrected chi connectivity index (χ1v) is 6.92. The molecule has 1 N–H and O–H groups in total. The first kappa shape index (κ1) is 15.1. The zero-order valence-corrected chi connectivity index (χ0v) is 11.8. The van der Waals surface area contributed by atoms with Crippen LogP contribution in [0.2, 0.25) is 0 Å². The zero-order chi connectivity index (χ0) is 15.4. The summed E-state index contributed by atoms with van der Waals surface area (Å²) in [5, 5.41) is 4.08.